The van der Waals surface area contributed by atoms with E-state index in [-0.39, 0.29) is 12.4 Å². The lowest BCUT2D eigenvalue weighted by Gasteiger charge is -2.01. The molecule has 16 heavy (non-hydrogen) atoms. The molecule has 5 nitrogen and oxygen atoms in total. The molecule has 0 aliphatic heterocycles. The molecule has 2 rings (SSSR count). The number of rotatable bonds is 3. The lowest BCUT2D eigenvalue weighted by molar-refractivity contribution is -0.139. The summed E-state index contributed by atoms with van der Waals surface area (Å²) in [5.74, 6) is 0.114. The van der Waals surface area contributed by atoms with Crippen LogP contribution < -0.4 is 0 Å². The summed E-state index contributed by atoms with van der Waals surface area (Å²) in [5.41, 5.74) is 1.66. The van der Waals surface area contributed by atoms with E-state index in [0.29, 0.717) is 5.82 Å². The van der Waals surface area contributed by atoms with Crippen LogP contribution in [0.4, 0.5) is 0 Å². The normalized spacial score (nSPS) is 10.1. The van der Waals surface area contributed by atoms with E-state index in [0.717, 1.165) is 11.4 Å². The zero-order valence-corrected chi connectivity index (χ0v) is 8.80. The number of ether oxygens (including phenoxy) is 1. The number of nitrogens with one attached hydrogen (secondary N) is 1. The molecular formula is C11H11N3O2. The second kappa shape index (κ2) is 4.57. The number of carbonyl (C=O) groups excluding carboxylic acids is 1. The average molecular weight is 217 g/mol. The molecule has 2 aromatic rings. The second-order valence-corrected chi connectivity index (χ2v) is 3.19. The van der Waals surface area contributed by atoms with E-state index in [1.807, 2.05) is 18.3 Å². The van der Waals surface area contributed by atoms with Crippen molar-refractivity contribution in [3.63, 3.8) is 0 Å². The molecule has 0 bridgehead atoms. The van der Waals surface area contributed by atoms with Crippen molar-refractivity contribution in [2.75, 3.05) is 7.11 Å². The van der Waals surface area contributed by atoms with E-state index in [4.69, 9.17) is 0 Å². The first-order valence-corrected chi connectivity index (χ1v) is 4.82. The Balaban J connectivity index is 2.23. The van der Waals surface area contributed by atoms with Crippen molar-refractivity contribution in [1.29, 1.82) is 0 Å². The first kappa shape index (κ1) is 10.4. The van der Waals surface area contributed by atoms with Gasteiger partial charge in [-0.05, 0) is 18.2 Å². The van der Waals surface area contributed by atoms with Crippen LogP contribution in [-0.4, -0.2) is 28.0 Å². The van der Waals surface area contributed by atoms with Crippen molar-refractivity contribution in [1.82, 2.24) is 15.0 Å². The summed E-state index contributed by atoms with van der Waals surface area (Å²) in [5, 5.41) is 0. The van der Waals surface area contributed by atoms with Crippen LogP contribution in [0.25, 0.3) is 11.4 Å². The third-order valence-electron chi connectivity index (χ3n) is 2.11. The Morgan fingerprint density at radius 2 is 2.38 bits per heavy atom. The zero-order valence-electron chi connectivity index (χ0n) is 8.80. The van der Waals surface area contributed by atoms with Gasteiger partial charge < -0.3 is 9.72 Å². The fourth-order valence-corrected chi connectivity index (χ4v) is 1.33. The first-order chi connectivity index (χ1) is 7.79. The molecule has 1 N–H and O–H groups in total. The number of H-pyrrole nitrogens is 1. The number of carbonyl (C=O) groups is 1. The van der Waals surface area contributed by atoms with Crippen molar-refractivity contribution in [3.8, 4) is 11.4 Å². The summed E-state index contributed by atoms with van der Waals surface area (Å²) in [7, 11) is 1.34. The monoisotopic (exact) mass is 217 g/mol. The summed E-state index contributed by atoms with van der Waals surface area (Å²) in [6.07, 6.45) is 3.53. The van der Waals surface area contributed by atoms with Crippen molar-refractivity contribution in [2.45, 2.75) is 6.42 Å². The summed E-state index contributed by atoms with van der Waals surface area (Å²) < 4.78 is 4.56. The van der Waals surface area contributed by atoms with Crippen LogP contribution in [0.3, 0.4) is 0 Å². The maximum absolute atomic E-state index is 11.1. The molecule has 82 valence electrons. The van der Waals surface area contributed by atoms with Crippen molar-refractivity contribution < 1.29 is 9.53 Å². The summed E-state index contributed by atoms with van der Waals surface area (Å²) in [4.78, 5) is 22.4. The lowest BCUT2D eigenvalue weighted by atomic mass is 10.3. The molecule has 0 radical (unpaired) electrons. The van der Waals surface area contributed by atoms with Crippen LogP contribution >= 0.6 is 0 Å². The van der Waals surface area contributed by atoms with E-state index in [9.17, 15) is 4.79 Å². The van der Waals surface area contributed by atoms with Crippen LogP contribution in [0.5, 0.6) is 0 Å². The highest BCUT2D eigenvalue weighted by Gasteiger charge is 2.07. The van der Waals surface area contributed by atoms with Gasteiger partial charge in [-0.2, -0.15) is 0 Å². The van der Waals surface area contributed by atoms with Gasteiger partial charge in [0.25, 0.3) is 0 Å². The highest BCUT2D eigenvalue weighted by atomic mass is 16.5. The standard InChI is InChI=1S/C11H11N3O2/c1-16-11(15)7-10-13-6-4-9(14-10)8-3-2-5-12-8/h2-6,12H,7H2,1H3. The Morgan fingerprint density at radius 3 is 3.06 bits per heavy atom. The van der Waals surface area contributed by atoms with E-state index < -0.39 is 0 Å². The van der Waals surface area contributed by atoms with E-state index >= 15 is 0 Å². The predicted molar refractivity (Wildman–Crippen MR) is 57.5 cm³/mol. The fourth-order valence-electron chi connectivity index (χ4n) is 1.33. The first-order valence-electron chi connectivity index (χ1n) is 4.82. The van der Waals surface area contributed by atoms with Crippen molar-refractivity contribution in [2.24, 2.45) is 0 Å². The Kier molecular flexibility index (Phi) is 2.95. The minimum absolute atomic E-state index is 0.0883. The third-order valence-corrected chi connectivity index (χ3v) is 2.11. The maximum atomic E-state index is 11.1. The topological polar surface area (TPSA) is 67.9 Å². The molecule has 0 aliphatic rings. The summed E-state index contributed by atoms with van der Waals surface area (Å²) in [6.45, 7) is 0. The van der Waals surface area contributed by atoms with E-state index in [1.54, 1.807) is 12.3 Å². The minimum atomic E-state index is -0.344. The molecule has 2 aromatic heterocycles. The lowest BCUT2D eigenvalue weighted by Crippen LogP contribution is -2.08. The van der Waals surface area contributed by atoms with Crippen LogP contribution in [0, 0.1) is 0 Å². The molecule has 0 saturated heterocycles. The number of aromatic amines is 1. The minimum Gasteiger partial charge on any atom is -0.469 e. The smallest absolute Gasteiger partial charge is 0.313 e. The van der Waals surface area contributed by atoms with Gasteiger partial charge in [0.15, 0.2) is 0 Å². The number of methoxy groups -OCH3 is 1. The maximum Gasteiger partial charge on any atom is 0.313 e. The Morgan fingerprint density at radius 1 is 1.50 bits per heavy atom. The van der Waals surface area contributed by atoms with Gasteiger partial charge in [-0.1, -0.05) is 0 Å². The number of hydrogen-bond donors (Lipinski definition) is 1. The average Bonchev–Trinajstić information content (AvgIpc) is 2.83. The van der Waals surface area contributed by atoms with Gasteiger partial charge in [0.2, 0.25) is 0 Å². The number of aromatic nitrogens is 3. The highest BCUT2D eigenvalue weighted by molar-refractivity contribution is 5.71. The van der Waals surface area contributed by atoms with Gasteiger partial charge in [0, 0.05) is 12.4 Å². The molecule has 0 atom stereocenters. The van der Waals surface area contributed by atoms with Crippen LogP contribution in [0.2, 0.25) is 0 Å². The predicted octanol–water partition coefficient (Wildman–Crippen LogP) is 1.19. The Labute approximate surface area is 92.5 Å². The molecule has 5 heteroatoms. The summed E-state index contributed by atoms with van der Waals surface area (Å²) >= 11 is 0. The third kappa shape index (κ3) is 2.25. The molecule has 2 heterocycles. The van der Waals surface area contributed by atoms with Crippen LogP contribution in [0.15, 0.2) is 30.6 Å². The van der Waals surface area contributed by atoms with Crippen LogP contribution in [-0.2, 0) is 16.0 Å². The molecule has 0 aliphatic carbocycles. The van der Waals surface area contributed by atoms with Crippen molar-refractivity contribution >= 4 is 5.97 Å². The van der Waals surface area contributed by atoms with Crippen molar-refractivity contribution in [3.05, 3.63) is 36.4 Å². The van der Waals surface area contributed by atoms with Gasteiger partial charge in [0.05, 0.1) is 18.5 Å². The Hall–Kier alpha value is -2.17. The zero-order chi connectivity index (χ0) is 11.4. The molecule has 0 aromatic carbocycles. The van der Waals surface area contributed by atoms with Gasteiger partial charge >= 0.3 is 5.97 Å². The largest absolute Gasteiger partial charge is 0.469 e. The van der Waals surface area contributed by atoms with Gasteiger partial charge in [-0.25, -0.2) is 9.97 Å². The van der Waals surface area contributed by atoms with E-state index in [1.165, 1.54) is 7.11 Å². The summed E-state index contributed by atoms with van der Waals surface area (Å²) in [6, 6.07) is 5.58. The van der Waals surface area contributed by atoms with Crippen LogP contribution in [0.1, 0.15) is 5.82 Å². The number of nitrogens with zero attached hydrogens (tertiary/aromatic N) is 2. The van der Waals surface area contributed by atoms with Gasteiger partial charge in [0.1, 0.15) is 12.2 Å². The molecule has 0 spiro atoms. The number of esters is 1. The molecule has 0 fully saturated rings. The Bertz CT molecular complexity index is 480. The van der Waals surface area contributed by atoms with E-state index in [2.05, 4.69) is 19.7 Å². The SMILES string of the molecule is COC(=O)Cc1nccc(-c2ccc[nH]2)n1. The fraction of sp³-hybridized carbons (Fsp3) is 0.182. The molecule has 0 amide bonds. The number of hydrogen-bond acceptors (Lipinski definition) is 4. The highest BCUT2D eigenvalue weighted by Crippen LogP contribution is 2.13. The molecule has 0 unspecified atom stereocenters. The molecule has 0 saturated carbocycles. The molecular weight excluding hydrogens is 206 g/mol. The van der Waals surface area contributed by atoms with Gasteiger partial charge in [-0.15, -0.1) is 0 Å². The van der Waals surface area contributed by atoms with Gasteiger partial charge in [-0.3, -0.25) is 4.79 Å². The quantitative estimate of drug-likeness (QED) is 0.784. The second-order valence-electron chi connectivity index (χ2n) is 3.19.